The molecule has 0 radical (unpaired) electrons. The van der Waals surface area contributed by atoms with Crippen LogP contribution in [0.15, 0.2) is 199 Å². The zero-order valence-corrected chi connectivity index (χ0v) is 28.8. The average Bonchev–Trinajstić information content (AvgIpc) is 3.77. The summed E-state index contributed by atoms with van der Waals surface area (Å²) in [6.45, 7) is 0. The fraction of sp³-hybridized carbons (Fsp3) is 0. The van der Waals surface area contributed by atoms with Crippen LogP contribution in [0, 0.1) is 0 Å². The van der Waals surface area contributed by atoms with Crippen LogP contribution < -0.4 is 4.90 Å². The number of aromatic nitrogens is 1. The summed E-state index contributed by atoms with van der Waals surface area (Å²) in [4.78, 5) is 2.39. The molecule has 11 aromatic rings. The van der Waals surface area contributed by atoms with E-state index in [9.17, 15) is 0 Å². The highest BCUT2D eigenvalue weighted by Crippen LogP contribution is 2.41. The van der Waals surface area contributed by atoms with Crippen molar-refractivity contribution in [1.82, 2.24) is 4.57 Å². The quantitative estimate of drug-likeness (QED) is 0.169. The number of rotatable bonds is 5. The van der Waals surface area contributed by atoms with Gasteiger partial charge in [0.25, 0.3) is 0 Å². The van der Waals surface area contributed by atoms with Crippen LogP contribution in [0.4, 0.5) is 17.1 Å². The van der Waals surface area contributed by atoms with Gasteiger partial charge in [0.2, 0.25) is 0 Å². The van der Waals surface area contributed by atoms with Crippen molar-refractivity contribution in [2.75, 3.05) is 4.90 Å². The summed E-state index contributed by atoms with van der Waals surface area (Å²) in [7, 11) is 0. The van der Waals surface area contributed by atoms with Gasteiger partial charge in [-0.15, -0.1) is 0 Å². The number of anilines is 3. The molecule has 0 amide bonds. The summed E-state index contributed by atoms with van der Waals surface area (Å²) >= 11 is 0. The Hall–Kier alpha value is -7.10. The normalized spacial score (nSPS) is 11.8. The lowest BCUT2D eigenvalue weighted by Gasteiger charge is -2.27. The van der Waals surface area contributed by atoms with E-state index in [-0.39, 0.29) is 0 Å². The summed E-state index contributed by atoms with van der Waals surface area (Å²) < 4.78 is 8.69. The van der Waals surface area contributed by atoms with Gasteiger partial charge in [0, 0.05) is 44.3 Å². The van der Waals surface area contributed by atoms with E-state index in [4.69, 9.17) is 4.42 Å². The Balaban J connectivity index is 1.12. The van der Waals surface area contributed by atoms with Crippen molar-refractivity contribution in [2.45, 2.75) is 0 Å². The van der Waals surface area contributed by atoms with Crippen molar-refractivity contribution in [3.8, 4) is 16.8 Å². The van der Waals surface area contributed by atoms with Crippen molar-refractivity contribution in [3.63, 3.8) is 0 Å². The standard InChI is InChI=1S/C50H32N2O/c1-2-16-41-33(11-1)23-24-34-25-27-40(32-46(34)41)51(37-13-9-12-35(29-37)36-26-28-45-44-19-5-8-22-49(44)53-50(45)30-36)38-14-10-15-39(31-38)52-47-20-6-3-17-42(47)43-18-4-7-21-48(43)52/h1-32H. The van der Waals surface area contributed by atoms with Gasteiger partial charge in [0.15, 0.2) is 0 Å². The second kappa shape index (κ2) is 11.7. The minimum absolute atomic E-state index is 0.895. The molecule has 0 aliphatic carbocycles. The second-order valence-corrected chi connectivity index (χ2v) is 13.8. The number of hydrogen-bond donors (Lipinski definition) is 0. The highest BCUT2D eigenvalue weighted by Gasteiger charge is 2.18. The number of fused-ring (bicyclic) bond motifs is 9. The van der Waals surface area contributed by atoms with Crippen LogP contribution in [0.1, 0.15) is 0 Å². The monoisotopic (exact) mass is 676 g/mol. The average molecular weight is 677 g/mol. The first-order chi connectivity index (χ1) is 26.3. The Kier molecular flexibility index (Phi) is 6.55. The molecule has 2 aromatic heterocycles. The van der Waals surface area contributed by atoms with Gasteiger partial charge in [-0.2, -0.15) is 0 Å². The lowest BCUT2D eigenvalue weighted by atomic mass is 10.00. The summed E-state index contributed by atoms with van der Waals surface area (Å²) in [6, 6.07) is 69.9. The predicted molar refractivity (Wildman–Crippen MR) is 223 cm³/mol. The molecule has 0 atom stereocenters. The van der Waals surface area contributed by atoms with Crippen LogP contribution >= 0.6 is 0 Å². The molecule has 0 N–H and O–H groups in total. The molecule has 248 valence electrons. The maximum atomic E-state index is 6.30. The van der Waals surface area contributed by atoms with Gasteiger partial charge >= 0.3 is 0 Å². The topological polar surface area (TPSA) is 21.3 Å². The van der Waals surface area contributed by atoms with Gasteiger partial charge in [0.05, 0.1) is 11.0 Å². The Bertz CT molecular complexity index is 3150. The summed E-state index contributed by atoms with van der Waals surface area (Å²) in [5, 5.41) is 9.71. The van der Waals surface area contributed by atoms with Gasteiger partial charge in [-0.3, -0.25) is 0 Å². The lowest BCUT2D eigenvalue weighted by molar-refractivity contribution is 0.669. The largest absolute Gasteiger partial charge is 0.456 e. The molecule has 11 rings (SSSR count). The van der Waals surface area contributed by atoms with Crippen LogP contribution in [-0.4, -0.2) is 4.57 Å². The molecule has 0 fully saturated rings. The number of nitrogens with zero attached hydrogens (tertiary/aromatic N) is 2. The summed E-state index contributed by atoms with van der Waals surface area (Å²) in [5.41, 5.74) is 10.8. The third kappa shape index (κ3) is 4.75. The zero-order valence-electron chi connectivity index (χ0n) is 28.8. The van der Waals surface area contributed by atoms with Gasteiger partial charge in [-0.25, -0.2) is 0 Å². The van der Waals surface area contributed by atoms with E-state index in [0.29, 0.717) is 0 Å². The molecule has 2 heterocycles. The van der Waals surface area contributed by atoms with Gasteiger partial charge in [-0.05, 0) is 105 Å². The molecule has 3 nitrogen and oxygen atoms in total. The van der Waals surface area contributed by atoms with Crippen molar-refractivity contribution in [2.24, 2.45) is 0 Å². The van der Waals surface area contributed by atoms with E-state index in [1.165, 1.54) is 43.4 Å². The number of para-hydroxylation sites is 3. The minimum atomic E-state index is 0.895. The maximum absolute atomic E-state index is 6.30. The van der Waals surface area contributed by atoms with Gasteiger partial charge in [-0.1, -0.05) is 121 Å². The molecule has 0 bridgehead atoms. The van der Waals surface area contributed by atoms with E-state index in [2.05, 4.69) is 191 Å². The van der Waals surface area contributed by atoms with E-state index in [1.807, 2.05) is 12.1 Å². The number of furan rings is 1. The van der Waals surface area contributed by atoms with Crippen LogP contribution in [0.2, 0.25) is 0 Å². The number of hydrogen-bond acceptors (Lipinski definition) is 2. The third-order valence-corrected chi connectivity index (χ3v) is 10.7. The number of benzene rings is 9. The van der Waals surface area contributed by atoms with E-state index in [1.54, 1.807) is 0 Å². The molecule has 9 aromatic carbocycles. The van der Waals surface area contributed by atoms with Crippen molar-refractivity contribution in [1.29, 1.82) is 0 Å². The fourth-order valence-electron chi connectivity index (χ4n) is 8.28. The highest BCUT2D eigenvalue weighted by atomic mass is 16.3. The lowest BCUT2D eigenvalue weighted by Crippen LogP contribution is -2.10. The molecule has 0 saturated heterocycles. The molecule has 0 aliphatic heterocycles. The van der Waals surface area contributed by atoms with Gasteiger partial charge in [0.1, 0.15) is 11.2 Å². The maximum Gasteiger partial charge on any atom is 0.136 e. The smallest absolute Gasteiger partial charge is 0.136 e. The van der Waals surface area contributed by atoms with Crippen molar-refractivity contribution < 1.29 is 4.42 Å². The van der Waals surface area contributed by atoms with E-state index in [0.717, 1.165) is 55.8 Å². The zero-order chi connectivity index (χ0) is 34.9. The van der Waals surface area contributed by atoms with Crippen LogP contribution in [0.3, 0.4) is 0 Å². The molecular weight excluding hydrogens is 645 g/mol. The van der Waals surface area contributed by atoms with Gasteiger partial charge < -0.3 is 13.9 Å². The Morgan fingerprint density at radius 3 is 1.74 bits per heavy atom. The Labute approximate surface area is 306 Å². The summed E-state index contributed by atoms with van der Waals surface area (Å²) in [6.07, 6.45) is 0. The molecular formula is C50H32N2O. The van der Waals surface area contributed by atoms with Crippen LogP contribution in [0.25, 0.3) is 82.1 Å². The van der Waals surface area contributed by atoms with Crippen molar-refractivity contribution >= 4 is 82.4 Å². The molecule has 53 heavy (non-hydrogen) atoms. The second-order valence-electron chi connectivity index (χ2n) is 13.8. The molecule has 3 heteroatoms. The fourth-order valence-corrected chi connectivity index (χ4v) is 8.28. The third-order valence-electron chi connectivity index (χ3n) is 10.7. The Morgan fingerprint density at radius 2 is 0.925 bits per heavy atom. The highest BCUT2D eigenvalue weighted by molar-refractivity contribution is 6.10. The summed E-state index contributed by atoms with van der Waals surface area (Å²) in [5.74, 6) is 0. The SMILES string of the molecule is c1cc(-c2ccc3c(c2)oc2ccccc23)cc(N(c2cccc(-n3c4ccccc4c4ccccc43)c2)c2ccc3ccc4ccccc4c3c2)c1. The molecule has 0 aliphatic rings. The molecule has 0 unspecified atom stereocenters. The first kappa shape index (κ1) is 29.6. The molecule has 0 spiro atoms. The predicted octanol–water partition coefficient (Wildman–Crippen LogP) is 14.1. The van der Waals surface area contributed by atoms with Crippen molar-refractivity contribution in [3.05, 3.63) is 194 Å². The van der Waals surface area contributed by atoms with Crippen LogP contribution in [0.5, 0.6) is 0 Å². The Morgan fingerprint density at radius 1 is 0.340 bits per heavy atom. The minimum Gasteiger partial charge on any atom is -0.456 e. The first-order valence-electron chi connectivity index (χ1n) is 18.1. The van der Waals surface area contributed by atoms with E-state index < -0.39 is 0 Å². The molecule has 0 saturated carbocycles. The first-order valence-corrected chi connectivity index (χ1v) is 18.1. The van der Waals surface area contributed by atoms with E-state index >= 15 is 0 Å². The van der Waals surface area contributed by atoms with Crippen LogP contribution in [-0.2, 0) is 0 Å².